The number of hydrogen-bond donors (Lipinski definition) is 0. The number of aryl methyl sites for hydroxylation is 1. The van der Waals surface area contributed by atoms with E-state index in [2.05, 4.69) is 0 Å². The van der Waals surface area contributed by atoms with Crippen LogP contribution in [-0.2, 0) is 9.53 Å². The molecule has 0 atom stereocenters. The molecule has 0 saturated heterocycles. The van der Waals surface area contributed by atoms with E-state index in [1.54, 1.807) is 6.20 Å². The second kappa shape index (κ2) is 6.75. The zero-order chi connectivity index (χ0) is 15.2. The summed E-state index contributed by atoms with van der Waals surface area (Å²) in [6.07, 6.45) is 1.80. The third-order valence-electron chi connectivity index (χ3n) is 3.25. The molecule has 2 aromatic rings. The molecule has 0 fully saturated rings. The Morgan fingerprint density at radius 2 is 1.67 bits per heavy atom. The lowest BCUT2D eigenvalue weighted by Crippen LogP contribution is -2.13. The van der Waals surface area contributed by atoms with E-state index in [1.807, 2.05) is 73.5 Å². The summed E-state index contributed by atoms with van der Waals surface area (Å²) in [7, 11) is 3.31. The van der Waals surface area contributed by atoms with E-state index in [9.17, 15) is 4.79 Å². The fourth-order valence-electron chi connectivity index (χ4n) is 2.02. The lowest BCUT2D eigenvalue weighted by molar-refractivity contribution is -0.133. The Morgan fingerprint density at radius 1 is 1.05 bits per heavy atom. The van der Waals surface area contributed by atoms with E-state index in [4.69, 9.17) is 4.74 Å². The maximum Gasteiger partial charge on any atom is 0.339 e. The fraction of sp³-hybridized carbons (Fsp3) is 0.167. The van der Waals surface area contributed by atoms with Gasteiger partial charge in [-0.15, -0.1) is 0 Å². The molecule has 3 nitrogen and oxygen atoms in total. The van der Waals surface area contributed by atoms with Crippen molar-refractivity contribution in [3.63, 3.8) is 0 Å². The molecule has 0 spiro atoms. The molecule has 0 aliphatic heterocycles. The highest BCUT2D eigenvalue weighted by Gasteiger charge is 2.13. The topological polar surface area (TPSA) is 29.5 Å². The molecule has 2 aromatic carbocycles. The Balaban J connectivity index is 2.36. The number of methoxy groups -OCH3 is 1. The first-order valence-electron chi connectivity index (χ1n) is 6.77. The van der Waals surface area contributed by atoms with Crippen LogP contribution in [0, 0.1) is 6.92 Å². The Hall–Kier alpha value is -2.55. The minimum atomic E-state index is -0.347. The standard InChI is InChI=1S/C18H19NO2/c1-14-9-11-16(12-10-14)19(2)13-17(18(20)21-3)15-7-5-4-6-8-15/h4-13H,1-3H3/b17-13-. The van der Waals surface area contributed by atoms with E-state index in [0.717, 1.165) is 11.3 Å². The average Bonchev–Trinajstić information content (AvgIpc) is 2.53. The predicted octanol–water partition coefficient (Wildman–Crippen LogP) is 3.65. The summed E-state index contributed by atoms with van der Waals surface area (Å²) < 4.78 is 4.89. The van der Waals surface area contributed by atoms with Crippen LogP contribution < -0.4 is 4.90 Å². The van der Waals surface area contributed by atoms with Crippen molar-refractivity contribution in [1.29, 1.82) is 0 Å². The number of carbonyl (C=O) groups is 1. The van der Waals surface area contributed by atoms with Gasteiger partial charge in [0.2, 0.25) is 0 Å². The lowest BCUT2D eigenvalue weighted by atomic mass is 10.1. The Bertz CT molecular complexity index is 630. The van der Waals surface area contributed by atoms with Crippen LogP contribution >= 0.6 is 0 Å². The molecule has 0 saturated carbocycles. The van der Waals surface area contributed by atoms with Gasteiger partial charge in [-0.05, 0) is 24.6 Å². The lowest BCUT2D eigenvalue weighted by Gasteiger charge is -2.17. The number of esters is 1. The van der Waals surface area contributed by atoms with Crippen LogP contribution in [0.4, 0.5) is 5.69 Å². The number of anilines is 1. The molecule has 0 aliphatic carbocycles. The van der Waals surface area contributed by atoms with Gasteiger partial charge >= 0.3 is 5.97 Å². The molecule has 0 N–H and O–H groups in total. The number of ether oxygens (including phenoxy) is 1. The quantitative estimate of drug-likeness (QED) is 0.633. The van der Waals surface area contributed by atoms with Gasteiger partial charge in [0.05, 0.1) is 12.7 Å². The van der Waals surface area contributed by atoms with E-state index in [-0.39, 0.29) is 5.97 Å². The number of benzene rings is 2. The van der Waals surface area contributed by atoms with Crippen LogP contribution in [0.1, 0.15) is 11.1 Å². The summed E-state index contributed by atoms with van der Waals surface area (Å²) in [4.78, 5) is 13.9. The molecule has 21 heavy (non-hydrogen) atoms. The number of rotatable bonds is 4. The van der Waals surface area contributed by atoms with Crippen molar-refractivity contribution in [2.45, 2.75) is 6.92 Å². The molecule has 0 amide bonds. The van der Waals surface area contributed by atoms with Crippen LogP contribution in [0.15, 0.2) is 60.8 Å². The zero-order valence-corrected chi connectivity index (χ0v) is 12.5. The molecular formula is C18H19NO2. The minimum Gasteiger partial charge on any atom is -0.465 e. The summed E-state index contributed by atoms with van der Waals surface area (Å²) in [6, 6.07) is 17.6. The van der Waals surface area contributed by atoms with Gasteiger partial charge in [-0.1, -0.05) is 48.0 Å². The molecule has 0 aromatic heterocycles. The molecule has 0 radical (unpaired) electrons. The van der Waals surface area contributed by atoms with E-state index in [1.165, 1.54) is 12.7 Å². The molecule has 2 rings (SSSR count). The Labute approximate surface area is 125 Å². The highest BCUT2D eigenvalue weighted by molar-refractivity contribution is 6.16. The maximum atomic E-state index is 12.0. The van der Waals surface area contributed by atoms with E-state index >= 15 is 0 Å². The highest BCUT2D eigenvalue weighted by Crippen LogP contribution is 2.20. The van der Waals surface area contributed by atoms with Crippen LogP contribution in [0.5, 0.6) is 0 Å². The number of nitrogens with zero attached hydrogens (tertiary/aromatic N) is 1. The van der Waals surface area contributed by atoms with Crippen molar-refractivity contribution in [2.75, 3.05) is 19.1 Å². The largest absolute Gasteiger partial charge is 0.465 e. The number of carbonyl (C=O) groups excluding carboxylic acids is 1. The summed E-state index contributed by atoms with van der Waals surface area (Å²) >= 11 is 0. The summed E-state index contributed by atoms with van der Waals surface area (Å²) in [5.41, 5.74) is 3.58. The monoisotopic (exact) mass is 281 g/mol. The molecule has 0 bridgehead atoms. The zero-order valence-electron chi connectivity index (χ0n) is 12.5. The van der Waals surface area contributed by atoms with Gasteiger partial charge in [-0.3, -0.25) is 0 Å². The molecule has 108 valence electrons. The second-order valence-electron chi connectivity index (χ2n) is 4.85. The Morgan fingerprint density at radius 3 is 2.24 bits per heavy atom. The van der Waals surface area contributed by atoms with Crippen LogP contribution in [0.25, 0.3) is 5.57 Å². The first-order chi connectivity index (χ1) is 10.1. The first kappa shape index (κ1) is 14.9. The van der Waals surface area contributed by atoms with Crippen molar-refractivity contribution in [2.24, 2.45) is 0 Å². The fourth-order valence-corrected chi connectivity index (χ4v) is 2.02. The number of hydrogen-bond acceptors (Lipinski definition) is 3. The third-order valence-corrected chi connectivity index (χ3v) is 3.25. The molecule has 0 unspecified atom stereocenters. The minimum absolute atomic E-state index is 0.347. The van der Waals surface area contributed by atoms with E-state index < -0.39 is 0 Å². The van der Waals surface area contributed by atoms with Gasteiger partial charge in [0, 0.05) is 18.9 Å². The van der Waals surface area contributed by atoms with Crippen LogP contribution in [0.2, 0.25) is 0 Å². The second-order valence-corrected chi connectivity index (χ2v) is 4.85. The van der Waals surface area contributed by atoms with Crippen LogP contribution in [0.3, 0.4) is 0 Å². The Kier molecular flexibility index (Phi) is 4.77. The van der Waals surface area contributed by atoms with Crippen molar-refractivity contribution in [3.05, 3.63) is 71.9 Å². The van der Waals surface area contributed by atoms with Gasteiger partial charge < -0.3 is 9.64 Å². The first-order valence-corrected chi connectivity index (χ1v) is 6.77. The average molecular weight is 281 g/mol. The smallest absolute Gasteiger partial charge is 0.339 e. The highest BCUT2D eigenvalue weighted by atomic mass is 16.5. The predicted molar refractivity (Wildman–Crippen MR) is 86.0 cm³/mol. The van der Waals surface area contributed by atoms with Crippen molar-refractivity contribution in [1.82, 2.24) is 0 Å². The van der Waals surface area contributed by atoms with Crippen molar-refractivity contribution in [3.8, 4) is 0 Å². The van der Waals surface area contributed by atoms with Crippen molar-refractivity contribution < 1.29 is 9.53 Å². The normalized spacial score (nSPS) is 11.1. The van der Waals surface area contributed by atoms with Crippen molar-refractivity contribution >= 4 is 17.2 Å². The summed E-state index contributed by atoms with van der Waals surface area (Å²) in [5, 5.41) is 0. The summed E-state index contributed by atoms with van der Waals surface area (Å²) in [6.45, 7) is 2.05. The van der Waals surface area contributed by atoms with Gasteiger partial charge in [0.15, 0.2) is 0 Å². The molecule has 3 heteroatoms. The third kappa shape index (κ3) is 3.72. The summed E-state index contributed by atoms with van der Waals surface area (Å²) in [5.74, 6) is -0.347. The van der Waals surface area contributed by atoms with Gasteiger partial charge in [-0.25, -0.2) is 4.79 Å². The van der Waals surface area contributed by atoms with Gasteiger partial charge in [-0.2, -0.15) is 0 Å². The molecule has 0 heterocycles. The molecular weight excluding hydrogens is 262 g/mol. The molecule has 0 aliphatic rings. The van der Waals surface area contributed by atoms with Gasteiger partial charge in [0.25, 0.3) is 0 Å². The van der Waals surface area contributed by atoms with E-state index in [0.29, 0.717) is 5.57 Å². The maximum absolute atomic E-state index is 12.0. The SMILES string of the molecule is COC(=O)/C(=C\N(C)c1ccc(C)cc1)c1ccccc1. The van der Waals surface area contributed by atoms with Gasteiger partial charge in [0.1, 0.15) is 0 Å². The van der Waals surface area contributed by atoms with Crippen LogP contribution in [-0.4, -0.2) is 20.1 Å².